The van der Waals surface area contributed by atoms with E-state index in [1.54, 1.807) is 13.2 Å². The van der Waals surface area contributed by atoms with Crippen molar-refractivity contribution >= 4 is 5.78 Å². The standard InChI is InChI=1S/C17H19NO4/c1-21-11-3-2-9-8-12-17(20)5-4-10(19)13-14(17)16(9,6-7-18-12)15(11)22-13/h2-5,12-15,18,20H,6-8H2,1H3/t12-,13+,14?,15?,16-,17-/m1/s1. The number of hydrogen-bond donors (Lipinski definition) is 2. The van der Waals surface area contributed by atoms with Gasteiger partial charge in [-0.2, -0.15) is 0 Å². The molecule has 0 radical (unpaired) electrons. The highest BCUT2D eigenvalue weighted by Crippen LogP contribution is 2.65. The molecule has 22 heavy (non-hydrogen) atoms. The van der Waals surface area contributed by atoms with Gasteiger partial charge in [-0.25, -0.2) is 0 Å². The quantitative estimate of drug-likeness (QED) is 0.736. The lowest BCUT2D eigenvalue weighted by Crippen LogP contribution is -2.64. The predicted octanol–water partition coefficient (Wildman–Crippen LogP) is 0.462. The van der Waals surface area contributed by atoms with E-state index >= 15 is 0 Å². The molecule has 3 saturated heterocycles. The van der Waals surface area contributed by atoms with E-state index < -0.39 is 11.7 Å². The third kappa shape index (κ3) is 1.22. The third-order valence-corrected chi connectivity index (χ3v) is 6.35. The molecule has 3 aliphatic carbocycles. The summed E-state index contributed by atoms with van der Waals surface area (Å²) in [6.07, 6.45) is 8.05. The molecule has 6 rings (SSSR count). The Morgan fingerprint density at radius 1 is 1.45 bits per heavy atom. The molecule has 6 aliphatic rings. The zero-order valence-electron chi connectivity index (χ0n) is 12.4. The average Bonchev–Trinajstić information content (AvgIpc) is 2.68. The summed E-state index contributed by atoms with van der Waals surface area (Å²) in [5, 5.41) is 14.9. The monoisotopic (exact) mass is 301 g/mol. The molecule has 4 fully saturated rings. The molecular formula is C17H19NO4. The minimum absolute atomic E-state index is 0.0409. The number of ether oxygens (including phenoxy) is 2. The smallest absolute Gasteiger partial charge is 0.184 e. The molecule has 2 N–H and O–H groups in total. The first kappa shape index (κ1) is 13.0. The zero-order valence-corrected chi connectivity index (χ0v) is 12.4. The molecule has 0 amide bonds. The van der Waals surface area contributed by atoms with Crippen LogP contribution in [-0.2, 0) is 14.3 Å². The normalized spacial score (nSPS) is 51.1. The van der Waals surface area contributed by atoms with Crippen LogP contribution in [0.15, 0.2) is 35.6 Å². The van der Waals surface area contributed by atoms with Crippen LogP contribution < -0.4 is 5.32 Å². The molecule has 5 heteroatoms. The molecule has 0 aromatic carbocycles. The second-order valence-electron chi connectivity index (χ2n) is 7.00. The summed E-state index contributed by atoms with van der Waals surface area (Å²) in [6.45, 7) is 0.812. The second-order valence-corrected chi connectivity index (χ2v) is 7.00. The van der Waals surface area contributed by atoms with Gasteiger partial charge in [0.25, 0.3) is 0 Å². The fraction of sp³-hybridized carbons (Fsp3) is 0.588. The van der Waals surface area contributed by atoms with Gasteiger partial charge in [0, 0.05) is 17.4 Å². The lowest BCUT2D eigenvalue weighted by molar-refractivity contribution is -0.134. The topological polar surface area (TPSA) is 67.8 Å². The minimum Gasteiger partial charge on any atom is -0.498 e. The fourth-order valence-electron chi connectivity index (χ4n) is 5.48. The maximum atomic E-state index is 12.4. The zero-order chi connectivity index (χ0) is 15.1. The Morgan fingerprint density at radius 3 is 3.14 bits per heavy atom. The number of hydrogen-bond acceptors (Lipinski definition) is 5. The van der Waals surface area contributed by atoms with Gasteiger partial charge in [0.15, 0.2) is 5.78 Å². The van der Waals surface area contributed by atoms with Crippen molar-refractivity contribution < 1.29 is 19.4 Å². The molecule has 116 valence electrons. The Morgan fingerprint density at radius 2 is 2.32 bits per heavy atom. The molecule has 2 bridgehead atoms. The van der Waals surface area contributed by atoms with Crippen molar-refractivity contribution in [3.8, 4) is 0 Å². The minimum atomic E-state index is -1.03. The number of allylic oxidation sites excluding steroid dienone is 2. The van der Waals surface area contributed by atoms with Crippen LogP contribution in [0.5, 0.6) is 0 Å². The average molecular weight is 301 g/mol. The Kier molecular flexibility index (Phi) is 2.32. The number of ketones is 1. The Bertz CT molecular complexity index is 666. The van der Waals surface area contributed by atoms with Crippen molar-refractivity contribution in [3.63, 3.8) is 0 Å². The van der Waals surface area contributed by atoms with E-state index in [0.717, 1.165) is 25.1 Å². The summed E-state index contributed by atoms with van der Waals surface area (Å²) in [5.74, 6) is 0.482. The van der Waals surface area contributed by atoms with Gasteiger partial charge in [0.2, 0.25) is 0 Å². The summed E-state index contributed by atoms with van der Waals surface area (Å²) in [7, 11) is 1.64. The summed E-state index contributed by atoms with van der Waals surface area (Å²) in [6, 6.07) is -0.0638. The Labute approximate surface area is 128 Å². The van der Waals surface area contributed by atoms with Gasteiger partial charge < -0.3 is 19.9 Å². The van der Waals surface area contributed by atoms with E-state index in [1.807, 2.05) is 6.08 Å². The van der Waals surface area contributed by atoms with Crippen LogP contribution >= 0.6 is 0 Å². The van der Waals surface area contributed by atoms with Crippen molar-refractivity contribution in [2.24, 2.45) is 11.3 Å². The van der Waals surface area contributed by atoms with E-state index in [0.29, 0.717) is 0 Å². The van der Waals surface area contributed by atoms with Crippen LogP contribution in [0.3, 0.4) is 0 Å². The van der Waals surface area contributed by atoms with Crippen LogP contribution in [0, 0.1) is 11.3 Å². The van der Waals surface area contributed by atoms with Crippen molar-refractivity contribution in [1.29, 1.82) is 0 Å². The number of nitrogens with one attached hydrogen (secondary N) is 1. The van der Waals surface area contributed by atoms with E-state index in [-0.39, 0.29) is 29.3 Å². The first-order valence-electron chi connectivity index (χ1n) is 7.91. The van der Waals surface area contributed by atoms with E-state index in [2.05, 4.69) is 11.4 Å². The molecule has 1 spiro atoms. The highest BCUT2D eigenvalue weighted by atomic mass is 16.5. The summed E-state index contributed by atoms with van der Waals surface area (Å²) in [4.78, 5) is 12.4. The first-order chi connectivity index (χ1) is 10.6. The Balaban J connectivity index is 1.80. The van der Waals surface area contributed by atoms with Crippen LogP contribution in [-0.4, -0.2) is 48.4 Å². The molecule has 5 nitrogen and oxygen atoms in total. The molecule has 0 aromatic heterocycles. The van der Waals surface area contributed by atoms with E-state index in [1.165, 1.54) is 11.6 Å². The third-order valence-electron chi connectivity index (χ3n) is 6.35. The van der Waals surface area contributed by atoms with Gasteiger partial charge >= 0.3 is 0 Å². The van der Waals surface area contributed by atoms with Crippen LogP contribution in [0.2, 0.25) is 0 Å². The van der Waals surface area contributed by atoms with Gasteiger partial charge in [-0.05, 0) is 37.6 Å². The van der Waals surface area contributed by atoms with Crippen LogP contribution in [0.4, 0.5) is 0 Å². The molecular weight excluding hydrogens is 282 g/mol. The number of aliphatic hydroxyl groups is 1. The number of carbonyl (C=O) groups excluding carboxylic acids is 1. The summed E-state index contributed by atoms with van der Waals surface area (Å²) >= 11 is 0. The van der Waals surface area contributed by atoms with Gasteiger partial charge in [-0.3, -0.25) is 4.79 Å². The number of fused-ring (bicyclic) bond motifs is 2. The number of carbonyl (C=O) groups is 1. The molecule has 0 aromatic rings. The van der Waals surface area contributed by atoms with E-state index in [9.17, 15) is 9.90 Å². The molecule has 6 atom stereocenters. The maximum Gasteiger partial charge on any atom is 0.184 e. The predicted molar refractivity (Wildman–Crippen MR) is 77.9 cm³/mol. The summed E-state index contributed by atoms with van der Waals surface area (Å²) in [5.41, 5.74) is -0.0781. The lowest BCUT2D eigenvalue weighted by atomic mass is 9.51. The number of methoxy groups -OCH3 is 1. The summed E-state index contributed by atoms with van der Waals surface area (Å²) < 4.78 is 11.7. The maximum absolute atomic E-state index is 12.4. The molecule has 3 aliphatic heterocycles. The van der Waals surface area contributed by atoms with Crippen molar-refractivity contribution in [2.45, 2.75) is 36.7 Å². The van der Waals surface area contributed by atoms with Gasteiger partial charge in [-0.15, -0.1) is 0 Å². The molecule has 3 heterocycles. The highest BCUT2D eigenvalue weighted by molar-refractivity contribution is 5.96. The first-order valence-corrected chi connectivity index (χ1v) is 7.91. The largest absolute Gasteiger partial charge is 0.498 e. The van der Waals surface area contributed by atoms with Crippen molar-refractivity contribution in [1.82, 2.24) is 5.32 Å². The van der Waals surface area contributed by atoms with Gasteiger partial charge in [0.1, 0.15) is 23.6 Å². The number of rotatable bonds is 1. The van der Waals surface area contributed by atoms with Gasteiger partial charge in [-0.1, -0.05) is 11.6 Å². The second kappa shape index (κ2) is 3.91. The molecule has 1 saturated carbocycles. The fourth-order valence-corrected chi connectivity index (χ4v) is 5.48. The lowest BCUT2D eigenvalue weighted by Gasteiger charge is -2.53. The van der Waals surface area contributed by atoms with Gasteiger partial charge in [0.05, 0.1) is 7.11 Å². The molecule has 2 unspecified atom stereocenters. The van der Waals surface area contributed by atoms with Crippen LogP contribution in [0.25, 0.3) is 0 Å². The van der Waals surface area contributed by atoms with Crippen molar-refractivity contribution in [2.75, 3.05) is 13.7 Å². The SMILES string of the molecule is COC1=CC=C2C[C@H]3NCC[C@@]24C1O[C@H]1C(=O)C=C[C@]3(O)C14. The van der Waals surface area contributed by atoms with E-state index in [4.69, 9.17) is 9.47 Å². The van der Waals surface area contributed by atoms with Crippen molar-refractivity contribution in [3.05, 3.63) is 35.6 Å². The van der Waals surface area contributed by atoms with Crippen LogP contribution in [0.1, 0.15) is 12.8 Å². The highest BCUT2D eigenvalue weighted by Gasteiger charge is 2.72. The Hall–Kier alpha value is -1.43.